The molecule has 0 saturated heterocycles. The topological polar surface area (TPSA) is 61.5 Å². The second-order valence-electron chi connectivity index (χ2n) is 4.70. The fraction of sp³-hybridized carbons (Fsp3) is 0.133. The molecular weight excluding hydrogens is 332 g/mol. The van der Waals surface area contributed by atoms with Crippen LogP contribution < -0.4 is 9.47 Å². The Morgan fingerprint density at radius 2 is 1.83 bits per heavy atom. The van der Waals surface area contributed by atoms with Crippen LogP contribution in [0.4, 0.5) is 0 Å². The first-order chi connectivity index (χ1) is 11.3. The Morgan fingerprint density at radius 1 is 1.04 bits per heavy atom. The molecule has 116 valence electrons. The number of methoxy groups -OCH3 is 2. The molecule has 6 nitrogen and oxygen atoms in total. The second kappa shape index (κ2) is 5.64. The molecule has 0 amide bonds. The van der Waals surface area contributed by atoms with E-state index in [1.165, 1.54) is 11.3 Å². The zero-order chi connectivity index (χ0) is 15.8. The Balaban J connectivity index is 1.86. The normalized spacial score (nSPS) is 11.0. The Morgan fingerprint density at radius 3 is 2.48 bits per heavy atom. The van der Waals surface area contributed by atoms with E-state index >= 15 is 0 Å². The summed E-state index contributed by atoms with van der Waals surface area (Å²) >= 11 is 3.17. The predicted octanol–water partition coefficient (Wildman–Crippen LogP) is 3.60. The van der Waals surface area contributed by atoms with Gasteiger partial charge in [0.15, 0.2) is 10.8 Å². The number of thiophene rings is 1. The van der Waals surface area contributed by atoms with Gasteiger partial charge in [0.05, 0.1) is 19.1 Å². The highest BCUT2D eigenvalue weighted by Gasteiger charge is 2.16. The van der Waals surface area contributed by atoms with Crippen LogP contribution in [0.15, 0.2) is 35.7 Å². The number of benzene rings is 1. The summed E-state index contributed by atoms with van der Waals surface area (Å²) in [7, 11) is 3.24. The SMILES string of the molecule is COc1cc(OC)cc(-c2nnc3sc(-c4cccs4)nn23)c1. The van der Waals surface area contributed by atoms with Gasteiger partial charge in [-0.25, -0.2) is 0 Å². The summed E-state index contributed by atoms with van der Waals surface area (Å²) in [5.74, 6) is 2.06. The molecule has 4 aromatic rings. The predicted molar refractivity (Wildman–Crippen MR) is 90.5 cm³/mol. The molecule has 0 aliphatic rings. The first-order valence-electron chi connectivity index (χ1n) is 6.78. The van der Waals surface area contributed by atoms with E-state index in [0.29, 0.717) is 17.3 Å². The summed E-state index contributed by atoms with van der Waals surface area (Å²) in [5, 5.41) is 16.1. The molecule has 23 heavy (non-hydrogen) atoms. The highest BCUT2D eigenvalue weighted by Crippen LogP contribution is 2.33. The number of ether oxygens (including phenoxy) is 2. The zero-order valence-corrected chi connectivity index (χ0v) is 14.0. The van der Waals surface area contributed by atoms with Crippen LogP contribution in [0.5, 0.6) is 11.5 Å². The van der Waals surface area contributed by atoms with Crippen LogP contribution in [-0.2, 0) is 0 Å². The molecule has 0 atom stereocenters. The maximum Gasteiger partial charge on any atom is 0.235 e. The third-order valence-corrected chi connectivity index (χ3v) is 5.27. The van der Waals surface area contributed by atoms with E-state index in [0.717, 1.165) is 20.4 Å². The summed E-state index contributed by atoms with van der Waals surface area (Å²) in [6.45, 7) is 0. The molecule has 0 saturated carbocycles. The Bertz CT molecular complexity index is 937. The van der Waals surface area contributed by atoms with Crippen molar-refractivity contribution in [2.24, 2.45) is 0 Å². The number of fused-ring (bicyclic) bond motifs is 1. The van der Waals surface area contributed by atoms with Crippen LogP contribution in [0.3, 0.4) is 0 Å². The van der Waals surface area contributed by atoms with Crippen molar-refractivity contribution in [1.82, 2.24) is 19.8 Å². The minimum absolute atomic E-state index is 0.663. The fourth-order valence-corrected chi connectivity index (χ4v) is 3.86. The summed E-state index contributed by atoms with van der Waals surface area (Å²) in [6, 6.07) is 9.66. The van der Waals surface area contributed by atoms with Crippen LogP contribution in [0.25, 0.3) is 26.2 Å². The Kier molecular flexibility index (Phi) is 3.47. The van der Waals surface area contributed by atoms with Crippen molar-refractivity contribution in [1.29, 1.82) is 0 Å². The molecule has 0 unspecified atom stereocenters. The molecule has 0 N–H and O–H groups in total. The number of nitrogens with zero attached hydrogens (tertiary/aromatic N) is 4. The van der Waals surface area contributed by atoms with Gasteiger partial charge in [0.1, 0.15) is 11.5 Å². The number of aromatic nitrogens is 4. The first kappa shape index (κ1) is 14.2. The second-order valence-corrected chi connectivity index (χ2v) is 6.61. The molecule has 0 fully saturated rings. The van der Waals surface area contributed by atoms with Crippen LogP contribution in [0.2, 0.25) is 0 Å². The van der Waals surface area contributed by atoms with E-state index in [2.05, 4.69) is 15.3 Å². The molecular formula is C15H12N4O2S2. The first-order valence-corrected chi connectivity index (χ1v) is 8.47. The maximum atomic E-state index is 5.32. The fourth-order valence-electron chi connectivity index (χ4n) is 2.23. The van der Waals surface area contributed by atoms with E-state index in [4.69, 9.17) is 9.47 Å². The lowest BCUT2D eigenvalue weighted by molar-refractivity contribution is 0.394. The number of rotatable bonds is 4. The minimum Gasteiger partial charge on any atom is -0.497 e. The van der Waals surface area contributed by atoms with Crippen molar-refractivity contribution in [2.45, 2.75) is 0 Å². The van der Waals surface area contributed by atoms with Crippen molar-refractivity contribution in [2.75, 3.05) is 14.2 Å². The lowest BCUT2D eigenvalue weighted by Gasteiger charge is -2.06. The lowest BCUT2D eigenvalue weighted by atomic mass is 10.2. The Hall–Kier alpha value is -2.45. The van der Waals surface area contributed by atoms with E-state index in [1.807, 2.05) is 35.7 Å². The van der Waals surface area contributed by atoms with Crippen molar-refractivity contribution in [3.05, 3.63) is 35.7 Å². The van der Waals surface area contributed by atoms with Gasteiger partial charge in [-0.15, -0.1) is 21.5 Å². The van der Waals surface area contributed by atoms with Crippen LogP contribution in [0.1, 0.15) is 0 Å². The van der Waals surface area contributed by atoms with E-state index < -0.39 is 0 Å². The van der Waals surface area contributed by atoms with Gasteiger partial charge in [-0.05, 0) is 23.6 Å². The quantitative estimate of drug-likeness (QED) is 0.566. The van der Waals surface area contributed by atoms with Crippen LogP contribution in [-0.4, -0.2) is 34.0 Å². The average molecular weight is 344 g/mol. The summed E-state index contributed by atoms with van der Waals surface area (Å²) < 4.78 is 12.4. The van der Waals surface area contributed by atoms with Gasteiger partial charge in [0.25, 0.3) is 0 Å². The van der Waals surface area contributed by atoms with Crippen LogP contribution >= 0.6 is 22.7 Å². The standard InChI is InChI=1S/C15H12N4O2S2/c1-20-10-6-9(7-11(8-10)21-2)13-16-17-15-19(13)18-14(23-15)12-4-3-5-22-12/h3-8H,1-2H3. The third kappa shape index (κ3) is 2.45. The number of hydrogen-bond acceptors (Lipinski definition) is 7. The van der Waals surface area contributed by atoms with Gasteiger partial charge in [-0.1, -0.05) is 17.4 Å². The molecule has 0 radical (unpaired) electrons. The highest BCUT2D eigenvalue weighted by molar-refractivity contribution is 7.23. The maximum absolute atomic E-state index is 5.32. The van der Waals surface area contributed by atoms with Crippen molar-refractivity contribution in [3.8, 4) is 32.8 Å². The molecule has 3 aromatic heterocycles. The van der Waals surface area contributed by atoms with Crippen LogP contribution in [0, 0.1) is 0 Å². The summed E-state index contributed by atoms with van der Waals surface area (Å²) in [4.78, 5) is 1.87. The van der Waals surface area contributed by atoms with E-state index in [1.54, 1.807) is 30.1 Å². The average Bonchev–Trinajstić information content (AvgIpc) is 3.29. The van der Waals surface area contributed by atoms with Gasteiger partial charge in [-0.3, -0.25) is 0 Å². The lowest BCUT2D eigenvalue weighted by Crippen LogP contribution is -1.93. The van der Waals surface area contributed by atoms with Gasteiger partial charge in [-0.2, -0.15) is 9.61 Å². The van der Waals surface area contributed by atoms with Gasteiger partial charge >= 0.3 is 0 Å². The van der Waals surface area contributed by atoms with E-state index in [-0.39, 0.29) is 0 Å². The summed E-state index contributed by atoms with van der Waals surface area (Å²) in [6.07, 6.45) is 0. The largest absolute Gasteiger partial charge is 0.497 e. The molecule has 0 aliphatic heterocycles. The van der Waals surface area contributed by atoms with Gasteiger partial charge < -0.3 is 9.47 Å². The number of hydrogen-bond donors (Lipinski definition) is 0. The molecule has 0 aliphatic carbocycles. The van der Waals surface area contributed by atoms with Crippen molar-refractivity contribution < 1.29 is 9.47 Å². The van der Waals surface area contributed by atoms with E-state index in [9.17, 15) is 0 Å². The Labute approximate surface area is 139 Å². The minimum atomic E-state index is 0.663. The molecule has 4 rings (SSSR count). The molecule has 8 heteroatoms. The van der Waals surface area contributed by atoms with Gasteiger partial charge in [0, 0.05) is 11.6 Å². The zero-order valence-electron chi connectivity index (χ0n) is 12.4. The van der Waals surface area contributed by atoms with Crippen molar-refractivity contribution >= 4 is 27.6 Å². The molecule has 0 spiro atoms. The smallest absolute Gasteiger partial charge is 0.235 e. The molecule has 0 bridgehead atoms. The molecule has 1 aromatic carbocycles. The van der Waals surface area contributed by atoms with Crippen molar-refractivity contribution in [3.63, 3.8) is 0 Å². The third-order valence-electron chi connectivity index (χ3n) is 3.33. The van der Waals surface area contributed by atoms with Gasteiger partial charge in [0.2, 0.25) is 4.96 Å². The monoisotopic (exact) mass is 344 g/mol. The molecule has 3 heterocycles. The summed E-state index contributed by atoms with van der Waals surface area (Å²) in [5.41, 5.74) is 0.844. The highest BCUT2D eigenvalue weighted by atomic mass is 32.1.